The number of nitrogens with zero attached hydrogens (tertiary/aromatic N) is 2. The Bertz CT molecular complexity index is 630. The molecule has 2 atom stereocenters. The zero-order valence-electron chi connectivity index (χ0n) is 12.5. The number of nitro groups is 1. The Labute approximate surface area is 130 Å². The number of piperidine rings is 1. The number of rotatable bonds is 5. The number of hydrogen-bond donors (Lipinski definition) is 1. The van der Waals surface area contributed by atoms with Crippen LogP contribution in [0.25, 0.3) is 0 Å². The van der Waals surface area contributed by atoms with Crippen LogP contribution in [-0.2, 0) is 15.8 Å². The van der Waals surface area contributed by atoms with Crippen molar-refractivity contribution in [3.63, 3.8) is 0 Å². The van der Waals surface area contributed by atoms with Crippen molar-refractivity contribution in [2.45, 2.75) is 31.6 Å². The Hall–Kier alpha value is -1.51. The molecule has 0 aliphatic carbocycles. The SMILES string of the molecule is CC1CCCN(S(=O)(=O)Cc2ccc([N+](=O)[O-])cc2)C1CN. The lowest BCUT2D eigenvalue weighted by Gasteiger charge is -2.38. The van der Waals surface area contributed by atoms with Crippen molar-refractivity contribution in [3.8, 4) is 0 Å². The summed E-state index contributed by atoms with van der Waals surface area (Å²) in [6, 6.07) is 5.45. The van der Waals surface area contributed by atoms with E-state index in [1.807, 2.05) is 6.92 Å². The number of hydrogen-bond acceptors (Lipinski definition) is 5. The van der Waals surface area contributed by atoms with Crippen molar-refractivity contribution in [2.24, 2.45) is 11.7 Å². The predicted molar refractivity (Wildman–Crippen MR) is 83.7 cm³/mol. The molecule has 0 spiro atoms. The van der Waals surface area contributed by atoms with Crippen LogP contribution in [0.4, 0.5) is 5.69 Å². The van der Waals surface area contributed by atoms with E-state index in [1.54, 1.807) is 0 Å². The highest BCUT2D eigenvalue weighted by Gasteiger charge is 2.35. The molecule has 2 N–H and O–H groups in total. The van der Waals surface area contributed by atoms with Crippen molar-refractivity contribution in [2.75, 3.05) is 13.1 Å². The van der Waals surface area contributed by atoms with E-state index in [0.717, 1.165) is 12.8 Å². The van der Waals surface area contributed by atoms with E-state index in [2.05, 4.69) is 0 Å². The molecule has 22 heavy (non-hydrogen) atoms. The first-order valence-corrected chi connectivity index (χ1v) is 8.89. The van der Waals surface area contributed by atoms with Gasteiger partial charge < -0.3 is 5.73 Å². The molecule has 1 heterocycles. The quantitative estimate of drug-likeness (QED) is 0.651. The van der Waals surface area contributed by atoms with Gasteiger partial charge >= 0.3 is 0 Å². The average molecular weight is 327 g/mol. The topological polar surface area (TPSA) is 107 Å². The fraction of sp³-hybridized carbons (Fsp3) is 0.571. The summed E-state index contributed by atoms with van der Waals surface area (Å²) in [5, 5.41) is 10.6. The van der Waals surface area contributed by atoms with Gasteiger partial charge in [-0.15, -0.1) is 0 Å². The number of nitro benzene ring substituents is 1. The summed E-state index contributed by atoms with van der Waals surface area (Å²) in [6.45, 7) is 2.81. The van der Waals surface area contributed by atoms with Crippen LogP contribution in [0.1, 0.15) is 25.3 Å². The van der Waals surface area contributed by atoms with Crippen LogP contribution < -0.4 is 5.73 Å². The van der Waals surface area contributed by atoms with Crippen LogP contribution in [0.5, 0.6) is 0 Å². The first-order chi connectivity index (χ1) is 10.3. The van der Waals surface area contributed by atoms with Gasteiger partial charge in [0.15, 0.2) is 0 Å². The molecule has 8 heteroatoms. The lowest BCUT2D eigenvalue weighted by molar-refractivity contribution is -0.384. The molecule has 1 aromatic carbocycles. The second-order valence-electron chi connectivity index (χ2n) is 5.71. The highest BCUT2D eigenvalue weighted by atomic mass is 32.2. The van der Waals surface area contributed by atoms with Crippen molar-refractivity contribution < 1.29 is 13.3 Å². The molecule has 122 valence electrons. The largest absolute Gasteiger partial charge is 0.329 e. The van der Waals surface area contributed by atoms with Crippen LogP contribution in [0.3, 0.4) is 0 Å². The molecule has 1 aromatic rings. The van der Waals surface area contributed by atoms with Gasteiger partial charge in [0.05, 0.1) is 10.7 Å². The Morgan fingerprint density at radius 1 is 1.36 bits per heavy atom. The second-order valence-corrected chi connectivity index (χ2v) is 7.63. The molecule has 0 saturated carbocycles. The summed E-state index contributed by atoms with van der Waals surface area (Å²) in [6.07, 6.45) is 1.81. The van der Waals surface area contributed by atoms with Crippen LogP contribution in [-0.4, -0.2) is 36.8 Å². The highest BCUT2D eigenvalue weighted by molar-refractivity contribution is 7.88. The lowest BCUT2D eigenvalue weighted by atomic mass is 9.93. The van der Waals surface area contributed by atoms with Gasteiger partial charge in [0.1, 0.15) is 0 Å². The third kappa shape index (κ3) is 3.63. The molecular formula is C14H21N3O4S. The van der Waals surface area contributed by atoms with E-state index in [0.29, 0.717) is 18.7 Å². The molecule has 1 saturated heterocycles. The Morgan fingerprint density at radius 2 is 2.00 bits per heavy atom. The average Bonchev–Trinajstić information content (AvgIpc) is 2.47. The van der Waals surface area contributed by atoms with Crippen LogP contribution in [0.2, 0.25) is 0 Å². The zero-order chi connectivity index (χ0) is 16.3. The molecule has 0 bridgehead atoms. The van der Waals surface area contributed by atoms with Crippen molar-refractivity contribution in [1.29, 1.82) is 0 Å². The summed E-state index contributed by atoms with van der Waals surface area (Å²) < 4.78 is 26.8. The Morgan fingerprint density at radius 3 is 2.55 bits per heavy atom. The van der Waals surface area contributed by atoms with E-state index in [9.17, 15) is 18.5 Å². The fourth-order valence-corrected chi connectivity index (χ4v) is 4.81. The van der Waals surface area contributed by atoms with Gasteiger partial charge in [-0.1, -0.05) is 19.1 Å². The van der Waals surface area contributed by atoms with E-state index >= 15 is 0 Å². The van der Waals surface area contributed by atoms with Gasteiger partial charge in [0.25, 0.3) is 5.69 Å². The maximum atomic E-state index is 12.6. The number of sulfonamides is 1. The first kappa shape index (κ1) is 16.9. The number of non-ortho nitro benzene ring substituents is 1. The molecular weight excluding hydrogens is 306 g/mol. The van der Waals surface area contributed by atoms with Crippen molar-refractivity contribution >= 4 is 15.7 Å². The summed E-state index contributed by atoms with van der Waals surface area (Å²) in [5.74, 6) is 0.0826. The molecule has 0 radical (unpaired) electrons. The third-order valence-electron chi connectivity index (χ3n) is 4.16. The Balaban J connectivity index is 2.17. The Kier molecular flexibility index (Phi) is 5.15. The molecule has 1 aliphatic rings. The molecule has 1 fully saturated rings. The van der Waals surface area contributed by atoms with Gasteiger partial charge in [-0.25, -0.2) is 8.42 Å². The van der Waals surface area contributed by atoms with Gasteiger partial charge in [0, 0.05) is 31.3 Å². The summed E-state index contributed by atoms with van der Waals surface area (Å²) >= 11 is 0. The predicted octanol–water partition coefficient (Wildman–Crippen LogP) is 1.48. The summed E-state index contributed by atoms with van der Waals surface area (Å²) in [4.78, 5) is 10.1. The maximum Gasteiger partial charge on any atom is 0.269 e. The molecule has 2 unspecified atom stereocenters. The van der Waals surface area contributed by atoms with Crippen molar-refractivity contribution in [3.05, 3.63) is 39.9 Å². The fourth-order valence-electron chi connectivity index (χ4n) is 2.91. The molecule has 0 amide bonds. The second kappa shape index (κ2) is 6.72. The highest BCUT2D eigenvalue weighted by Crippen LogP contribution is 2.27. The summed E-state index contributed by atoms with van der Waals surface area (Å²) in [5.41, 5.74) is 6.24. The van der Waals surface area contributed by atoms with Gasteiger partial charge in [0.2, 0.25) is 10.0 Å². The van der Waals surface area contributed by atoms with E-state index < -0.39 is 14.9 Å². The minimum atomic E-state index is -3.48. The van der Waals surface area contributed by atoms with Gasteiger partial charge in [-0.05, 0) is 24.3 Å². The molecule has 0 aromatic heterocycles. The van der Waals surface area contributed by atoms with Gasteiger partial charge in [-0.3, -0.25) is 10.1 Å². The number of nitrogens with two attached hydrogens (primary N) is 1. The third-order valence-corrected chi connectivity index (χ3v) is 6.03. The van der Waals surface area contributed by atoms with Gasteiger partial charge in [-0.2, -0.15) is 4.31 Å². The molecule has 2 rings (SSSR count). The van der Waals surface area contributed by atoms with E-state index in [4.69, 9.17) is 5.73 Å². The standard InChI is InChI=1S/C14H21N3O4S/c1-11-3-2-8-16(14(11)9-15)22(20,21)10-12-4-6-13(7-5-12)17(18)19/h4-7,11,14H,2-3,8-10,15H2,1H3. The van der Waals surface area contributed by atoms with Crippen LogP contribution >= 0.6 is 0 Å². The number of benzene rings is 1. The lowest BCUT2D eigenvalue weighted by Crippen LogP contribution is -2.51. The van der Waals surface area contributed by atoms with Crippen LogP contribution in [0.15, 0.2) is 24.3 Å². The minimum absolute atomic E-state index is 0.0485. The maximum absolute atomic E-state index is 12.6. The zero-order valence-corrected chi connectivity index (χ0v) is 13.3. The first-order valence-electron chi connectivity index (χ1n) is 7.28. The summed E-state index contributed by atoms with van der Waals surface area (Å²) in [7, 11) is -3.48. The van der Waals surface area contributed by atoms with Crippen LogP contribution in [0, 0.1) is 16.0 Å². The van der Waals surface area contributed by atoms with E-state index in [1.165, 1.54) is 28.6 Å². The molecule has 7 nitrogen and oxygen atoms in total. The van der Waals surface area contributed by atoms with Crippen molar-refractivity contribution in [1.82, 2.24) is 4.31 Å². The minimum Gasteiger partial charge on any atom is -0.329 e. The normalized spacial score (nSPS) is 23.4. The smallest absolute Gasteiger partial charge is 0.269 e. The monoisotopic (exact) mass is 327 g/mol. The van der Waals surface area contributed by atoms with E-state index in [-0.39, 0.29) is 23.4 Å². The molecule has 1 aliphatic heterocycles.